The fraction of sp³-hybridized carbons (Fsp3) is 0.826. The van der Waals surface area contributed by atoms with Crippen LogP contribution < -0.4 is 5.73 Å². The number of carbonyl (C=O) groups excluding carboxylic acids is 2. The second kappa shape index (κ2) is 12.1. The highest BCUT2D eigenvalue weighted by Crippen LogP contribution is 2.36. The fourth-order valence-corrected chi connectivity index (χ4v) is 4.66. The number of nitrogens with zero attached hydrogens (tertiary/aromatic N) is 3. The highest BCUT2D eigenvalue weighted by Gasteiger charge is 2.45. The predicted octanol–water partition coefficient (Wildman–Crippen LogP) is 3.85. The number of hydrogen-bond acceptors (Lipinski definition) is 6. The van der Waals surface area contributed by atoms with E-state index < -0.39 is 5.54 Å². The quantitative estimate of drug-likeness (QED) is 0.295. The molecule has 1 fully saturated rings. The Morgan fingerprint density at radius 1 is 1.23 bits per heavy atom. The summed E-state index contributed by atoms with van der Waals surface area (Å²) in [6.45, 7) is 2.15. The number of esters is 1. The minimum atomic E-state index is -0.664. The zero-order valence-corrected chi connectivity index (χ0v) is 19.1. The van der Waals surface area contributed by atoms with Crippen molar-refractivity contribution in [1.29, 1.82) is 0 Å². The molecule has 0 saturated heterocycles. The van der Waals surface area contributed by atoms with Crippen LogP contribution in [0, 0.1) is 5.92 Å². The molecule has 2 aliphatic rings. The molecule has 2 rings (SSSR count). The number of nitrogens with two attached hydrogens (primary N) is 1. The molecule has 0 aromatic rings. The van der Waals surface area contributed by atoms with Gasteiger partial charge in [-0.25, -0.2) is 4.99 Å². The van der Waals surface area contributed by atoms with Gasteiger partial charge in [0.2, 0.25) is 0 Å². The number of ether oxygens (including phenoxy) is 1. The minimum Gasteiger partial charge on any atom is -0.468 e. The average molecular weight is 421 g/mol. The Balaban J connectivity index is 1.84. The number of hydrogen-bond donors (Lipinski definition) is 1. The van der Waals surface area contributed by atoms with Gasteiger partial charge in [0.25, 0.3) is 5.91 Å². The predicted molar refractivity (Wildman–Crippen MR) is 121 cm³/mol. The Bertz CT molecular complexity index is 640. The molecule has 1 amide bonds. The summed E-state index contributed by atoms with van der Waals surface area (Å²) < 4.78 is 4.65. The third-order valence-electron chi connectivity index (χ3n) is 6.69. The van der Waals surface area contributed by atoms with Crippen molar-refractivity contribution in [2.24, 2.45) is 21.6 Å². The van der Waals surface area contributed by atoms with E-state index in [9.17, 15) is 9.59 Å². The van der Waals surface area contributed by atoms with Gasteiger partial charge >= 0.3 is 5.97 Å². The van der Waals surface area contributed by atoms with Gasteiger partial charge in [0.05, 0.1) is 7.11 Å². The van der Waals surface area contributed by atoms with Gasteiger partial charge in [-0.2, -0.15) is 0 Å². The lowest BCUT2D eigenvalue weighted by Crippen LogP contribution is -2.42. The van der Waals surface area contributed by atoms with Gasteiger partial charge in [-0.3, -0.25) is 19.5 Å². The Labute approximate surface area is 181 Å². The molecular weight excluding hydrogens is 380 g/mol. The van der Waals surface area contributed by atoms with E-state index >= 15 is 0 Å². The molecule has 0 aromatic heterocycles. The molecule has 0 unspecified atom stereocenters. The molecule has 1 aliphatic heterocycles. The smallest absolute Gasteiger partial charge is 0.327 e. The van der Waals surface area contributed by atoms with E-state index in [1.54, 1.807) is 7.05 Å². The number of amides is 1. The first-order valence-corrected chi connectivity index (χ1v) is 11.6. The molecule has 1 saturated carbocycles. The van der Waals surface area contributed by atoms with Gasteiger partial charge in [0.15, 0.2) is 5.96 Å². The largest absolute Gasteiger partial charge is 0.468 e. The lowest BCUT2D eigenvalue weighted by molar-refractivity contribution is -0.138. The molecule has 30 heavy (non-hydrogen) atoms. The number of carbonyl (C=O) groups is 2. The van der Waals surface area contributed by atoms with Crippen LogP contribution in [0.5, 0.6) is 0 Å². The van der Waals surface area contributed by atoms with E-state index in [2.05, 4.69) is 21.6 Å². The Morgan fingerprint density at radius 3 is 2.57 bits per heavy atom. The molecule has 1 atom stereocenters. The maximum absolute atomic E-state index is 13.0. The summed E-state index contributed by atoms with van der Waals surface area (Å²) >= 11 is 0. The molecule has 7 heteroatoms. The van der Waals surface area contributed by atoms with E-state index in [-0.39, 0.29) is 18.4 Å². The number of aliphatic imine (C=N–C) groups is 2. The van der Waals surface area contributed by atoms with Gasteiger partial charge in [0, 0.05) is 12.8 Å². The van der Waals surface area contributed by atoms with Crippen LogP contribution in [0.2, 0.25) is 0 Å². The van der Waals surface area contributed by atoms with E-state index in [4.69, 9.17) is 5.73 Å². The molecule has 7 nitrogen and oxygen atoms in total. The zero-order valence-electron chi connectivity index (χ0n) is 19.1. The average Bonchev–Trinajstić information content (AvgIpc) is 2.98. The lowest BCUT2D eigenvalue weighted by atomic mass is 9.80. The SMILES string of the molecule is CCC(CCCCC[C@@]1(CCC2CCCCC2)N=C(N)N(C)C1=O)=NCC(=O)OC. The first-order valence-electron chi connectivity index (χ1n) is 11.6. The van der Waals surface area contributed by atoms with Crippen molar-refractivity contribution in [2.45, 2.75) is 95.9 Å². The number of methoxy groups -OCH3 is 1. The summed E-state index contributed by atoms with van der Waals surface area (Å²) in [6.07, 6.45) is 13.8. The molecule has 0 radical (unpaired) electrons. The van der Waals surface area contributed by atoms with Crippen molar-refractivity contribution < 1.29 is 14.3 Å². The lowest BCUT2D eigenvalue weighted by Gasteiger charge is -2.28. The third-order valence-corrected chi connectivity index (χ3v) is 6.69. The van der Waals surface area contributed by atoms with Crippen LogP contribution in [0.1, 0.15) is 90.4 Å². The zero-order chi connectivity index (χ0) is 22.0. The van der Waals surface area contributed by atoms with Crippen molar-refractivity contribution in [3.63, 3.8) is 0 Å². The minimum absolute atomic E-state index is 0.0599. The number of rotatable bonds is 12. The molecule has 1 heterocycles. The second-order valence-electron chi connectivity index (χ2n) is 8.78. The van der Waals surface area contributed by atoms with Gasteiger partial charge in [-0.05, 0) is 44.4 Å². The van der Waals surface area contributed by atoms with E-state index in [1.807, 2.05) is 0 Å². The van der Waals surface area contributed by atoms with Crippen LogP contribution in [0.25, 0.3) is 0 Å². The summed E-state index contributed by atoms with van der Waals surface area (Å²) in [6, 6.07) is 0. The first-order chi connectivity index (χ1) is 14.4. The van der Waals surface area contributed by atoms with Crippen LogP contribution in [-0.4, -0.2) is 54.7 Å². The van der Waals surface area contributed by atoms with Crippen molar-refractivity contribution in [2.75, 3.05) is 20.7 Å². The van der Waals surface area contributed by atoms with Crippen molar-refractivity contribution in [1.82, 2.24) is 4.90 Å². The Morgan fingerprint density at radius 2 is 1.97 bits per heavy atom. The highest BCUT2D eigenvalue weighted by molar-refractivity contribution is 6.06. The molecule has 170 valence electrons. The Hall–Kier alpha value is -1.92. The van der Waals surface area contributed by atoms with Crippen molar-refractivity contribution in [3.05, 3.63) is 0 Å². The summed E-state index contributed by atoms with van der Waals surface area (Å²) in [7, 11) is 3.11. The number of likely N-dealkylation sites (N-methyl/N-ethyl adjacent to an activating group) is 1. The summed E-state index contributed by atoms with van der Waals surface area (Å²) in [4.78, 5) is 34.8. The molecule has 0 spiro atoms. The maximum atomic E-state index is 13.0. The van der Waals surface area contributed by atoms with Crippen LogP contribution in [0.4, 0.5) is 0 Å². The van der Waals surface area contributed by atoms with Gasteiger partial charge in [-0.15, -0.1) is 0 Å². The van der Waals surface area contributed by atoms with Crippen molar-refractivity contribution >= 4 is 23.5 Å². The van der Waals surface area contributed by atoms with E-state index in [1.165, 1.54) is 44.1 Å². The van der Waals surface area contributed by atoms with E-state index in [0.717, 1.165) is 63.0 Å². The molecular formula is C23H40N4O3. The highest BCUT2D eigenvalue weighted by atomic mass is 16.5. The summed E-state index contributed by atoms with van der Waals surface area (Å²) in [5.41, 5.74) is 6.40. The summed E-state index contributed by atoms with van der Waals surface area (Å²) in [5.74, 6) is 0.834. The standard InChI is InChI=1S/C23H40N4O3/c1-4-19(25-17-20(28)30-3)13-9-6-10-15-23(21(29)27(2)22(24)26-23)16-14-18-11-7-5-8-12-18/h18H,4-17H2,1-3H3,(H2,24,26)/t23-/m0/s1. The monoisotopic (exact) mass is 420 g/mol. The second-order valence-corrected chi connectivity index (χ2v) is 8.78. The first kappa shape index (κ1) is 24.4. The van der Waals surface area contributed by atoms with Crippen LogP contribution in [0.15, 0.2) is 9.98 Å². The summed E-state index contributed by atoms with van der Waals surface area (Å²) in [5, 5.41) is 0. The topological polar surface area (TPSA) is 97.4 Å². The van der Waals surface area contributed by atoms with Crippen molar-refractivity contribution in [3.8, 4) is 0 Å². The fourth-order valence-electron chi connectivity index (χ4n) is 4.66. The van der Waals surface area contributed by atoms with Gasteiger partial charge in [-0.1, -0.05) is 51.9 Å². The maximum Gasteiger partial charge on any atom is 0.327 e. The number of unbranched alkanes of at least 4 members (excludes halogenated alkanes) is 2. The Kier molecular flexibility index (Phi) is 9.79. The van der Waals surface area contributed by atoms with E-state index in [0.29, 0.717) is 5.96 Å². The molecule has 1 aliphatic carbocycles. The van der Waals surface area contributed by atoms with Crippen LogP contribution >= 0.6 is 0 Å². The van der Waals surface area contributed by atoms with Crippen LogP contribution in [-0.2, 0) is 14.3 Å². The molecule has 2 N–H and O–H groups in total. The normalized spacial score (nSPS) is 23.0. The molecule has 0 bridgehead atoms. The number of guanidine groups is 1. The van der Waals surface area contributed by atoms with Gasteiger partial charge in [0.1, 0.15) is 12.1 Å². The third kappa shape index (κ3) is 6.81. The van der Waals surface area contributed by atoms with Crippen LogP contribution in [0.3, 0.4) is 0 Å². The molecule has 0 aromatic carbocycles. The van der Waals surface area contributed by atoms with Gasteiger partial charge < -0.3 is 10.5 Å².